The van der Waals surface area contributed by atoms with Crippen LogP contribution in [-0.2, 0) is 11.8 Å². The van der Waals surface area contributed by atoms with E-state index in [9.17, 15) is 4.79 Å². The quantitative estimate of drug-likeness (QED) is 0.795. The van der Waals surface area contributed by atoms with Gasteiger partial charge in [-0.25, -0.2) is 4.98 Å². The van der Waals surface area contributed by atoms with Crippen LogP contribution in [-0.4, -0.2) is 64.5 Å². The lowest BCUT2D eigenvalue weighted by molar-refractivity contribution is -0.134. The molecule has 1 fully saturated rings. The molecule has 1 aliphatic rings. The Morgan fingerprint density at radius 2 is 1.96 bits per heavy atom. The van der Waals surface area contributed by atoms with Crippen molar-refractivity contribution in [3.05, 3.63) is 18.2 Å². The third-order valence-corrected chi connectivity index (χ3v) is 4.37. The number of aryl methyl sites for hydroxylation is 1. The lowest BCUT2D eigenvalue weighted by Crippen LogP contribution is -2.51. The Bertz CT molecular complexity index is 521. The van der Waals surface area contributed by atoms with E-state index in [1.54, 1.807) is 0 Å². The Kier molecular flexibility index (Phi) is 8.89. The first-order valence-electron chi connectivity index (χ1n) is 9.08. The van der Waals surface area contributed by atoms with Gasteiger partial charge in [0.25, 0.3) is 0 Å². The summed E-state index contributed by atoms with van der Waals surface area (Å²) in [5.41, 5.74) is 0. The molecule has 1 amide bonds. The fourth-order valence-electron chi connectivity index (χ4n) is 3.32. The van der Waals surface area contributed by atoms with Crippen molar-refractivity contribution in [2.24, 2.45) is 18.9 Å². The van der Waals surface area contributed by atoms with Crippen LogP contribution in [0.15, 0.2) is 12.4 Å². The van der Waals surface area contributed by atoms with Gasteiger partial charge < -0.3 is 14.8 Å². The topological polar surface area (TPSA) is 53.4 Å². The molecule has 25 heavy (non-hydrogen) atoms. The minimum Gasteiger partial charge on any atom is -0.341 e. The molecule has 6 nitrogen and oxygen atoms in total. The first-order valence-corrected chi connectivity index (χ1v) is 9.08. The molecule has 0 radical (unpaired) electrons. The molecule has 1 atom stereocenters. The van der Waals surface area contributed by atoms with Gasteiger partial charge in [-0.3, -0.25) is 9.69 Å². The zero-order chi connectivity index (χ0) is 17.7. The predicted molar refractivity (Wildman–Crippen MR) is 104 cm³/mol. The minimum absolute atomic E-state index is 0. The fourth-order valence-corrected chi connectivity index (χ4v) is 3.32. The van der Waals surface area contributed by atoms with Gasteiger partial charge in [-0.05, 0) is 11.8 Å². The molecule has 0 spiro atoms. The van der Waals surface area contributed by atoms with Crippen molar-refractivity contribution < 1.29 is 4.79 Å². The molecule has 144 valence electrons. The highest BCUT2D eigenvalue weighted by Crippen LogP contribution is 2.20. The molecule has 0 aromatic carbocycles. The Hall–Kier alpha value is -1.11. The largest absolute Gasteiger partial charge is 0.341 e. The molecule has 0 saturated carbocycles. The van der Waals surface area contributed by atoms with Gasteiger partial charge in [0.05, 0.1) is 12.6 Å². The van der Waals surface area contributed by atoms with Crippen LogP contribution in [0.1, 0.15) is 39.6 Å². The van der Waals surface area contributed by atoms with Crippen LogP contribution in [0.4, 0.5) is 0 Å². The van der Waals surface area contributed by atoms with Crippen molar-refractivity contribution in [2.75, 3.05) is 39.3 Å². The smallest absolute Gasteiger partial charge is 0.236 e. The average molecular weight is 372 g/mol. The van der Waals surface area contributed by atoms with Crippen molar-refractivity contribution in [1.82, 2.24) is 24.7 Å². The number of imidazole rings is 1. The summed E-state index contributed by atoms with van der Waals surface area (Å²) >= 11 is 0. The van der Waals surface area contributed by atoms with Crippen LogP contribution in [0.25, 0.3) is 0 Å². The van der Waals surface area contributed by atoms with Gasteiger partial charge >= 0.3 is 0 Å². The maximum atomic E-state index is 12.9. The molecule has 7 heteroatoms. The normalized spacial score (nSPS) is 18.4. The molecule has 0 bridgehead atoms. The second-order valence-corrected chi connectivity index (χ2v) is 7.67. The number of rotatable bonds is 7. The summed E-state index contributed by atoms with van der Waals surface area (Å²) in [4.78, 5) is 21.7. The van der Waals surface area contributed by atoms with E-state index < -0.39 is 0 Å². The van der Waals surface area contributed by atoms with Crippen molar-refractivity contribution >= 4 is 18.3 Å². The van der Waals surface area contributed by atoms with E-state index in [1.165, 1.54) is 0 Å². The number of nitrogens with one attached hydrogen (secondary N) is 1. The number of aromatic nitrogens is 2. The standard InChI is InChI=1S/C18H33N5O.ClH/c1-14(2)11-23(12-15(3)4)17(24)13-22-9-6-19-10-16(22)18-20-7-8-21(18)5;/h7-8,14-16,19H,6,9-13H2,1-5H3;1H. The second kappa shape index (κ2) is 10.1. The van der Waals surface area contributed by atoms with E-state index in [4.69, 9.17) is 0 Å². The molecule has 1 unspecified atom stereocenters. The number of carbonyl (C=O) groups is 1. The van der Waals surface area contributed by atoms with Crippen molar-refractivity contribution in [2.45, 2.75) is 33.7 Å². The van der Waals surface area contributed by atoms with Crippen LogP contribution >= 0.6 is 12.4 Å². The van der Waals surface area contributed by atoms with Crippen molar-refractivity contribution in [3.63, 3.8) is 0 Å². The molecule has 2 rings (SSSR count). The number of amides is 1. The third kappa shape index (κ3) is 6.28. The number of hydrogen-bond acceptors (Lipinski definition) is 4. The number of piperazine rings is 1. The van der Waals surface area contributed by atoms with E-state index in [1.807, 2.05) is 24.3 Å². The summed E-state index contributed by atoms with van der Waals surface area (Å²) < 4.78 is 2.05. The lowest BCUT2D eigenvalue weighted by Gasteiger charge is -2.37. The second-order valence-electron chi connectivity index (χ2n) is 7.67. The minimum atomic E-state index is 0. The predicted octanol–water partition coefficient (Wildman–Crippen LogP) is 1.93. The third-order valence-electron chi connectivity index (χ3n) is 4.37. The maximum absolute atomic E-state index is 12.9. The average Bonchev–Trinajstić information content (AvgIpc) is 2.92. The van der Waals surface area contributed by atoms with Crippen LogP contribution in [0.5, 0.6) is 0 Å². The summed E-state index contributed by atoms with van der Waals surface area (Å²) in [6, 6.07) is 0.155. The van der Waals surface area contributed by atoms with Gasteiger partial charge in [-0.15, -0.1) is 12.4 Å². The Morgan fingerprint density at radius 3 is 2.48 bits per heavy atom. The Balaban J connectivity index is 0.00000312. The zero-order valence-electron chi connectivity index (χ0n) is 16.2. The van der Waals surface area contributed by atoms with Crippen LogP contribution in [0, 0.1) is 11.8 Å². The van der Waals surface area contributed by atoms with Crippen molar-refractivity contribution in [3.8, 4) is 0 Å². The van der Waals surface area contributed by atoms with Crippen molar-refractivity contribution in [1.29, 1.82) is 0 Å². The lowest BCUT2D eigenvalue weighted by atomic mass is 10.1. The number of halogens is 1. The highest BCUT2D eigenvalue weighted by molar-refractivity contribution is 5.85. The van der Waals surface area contributed by atoms with Gasteiger partial charge in [0.1, 0.15) is 5.82 Å². The molecule has 1 aromatic rings. The highest BCUT2D eigenvalue weighted by Gasteiger charge is 2.29. The summed E-state index contributed by atoms with van der Waals surface area (Å²) in [5, 5.41) is 3.43. The molecule has 1 aliphatic heterocycles. The monoisotopic (exact) mass is 371 g/mol. The highest BCUT2D eigenvalue weighted by atomic mass is 35.5. The summed E-state index contributed by atoms with van der Waals surface area (Å²) in [6.45, 7) is 13.4. The molecule has 0 aliphatic carbocycles. The van der Waals surface area contributed by atoms with Gasteiger partial charge in [0.2, 0.25) is 5.91 Å². The zero-order valence-corrected chi connectivity index (χ0v) is 17.1. The molecular formula is C18H34ClN5O. The van der Waals surface area contributed by atoms with Gasteiger partial charge in [-0.2, -0.15) is 0 Å². The summed E-state index contributed by atoms with van der Waals surface area (Å²) in [6.07, 6.45) is 3.79. The number of nitrogens with zero attached hydrogens (tertiary/aromatic N) is 4. The van der Waals surface area contributed by atoms with Gasteiger partial charge in [-0.1, -0.05) is 27.7 Å². The summed E-state index contributed by atoms with van der Waals surface area (Å²) in [7, 11) is 2.01. The maximum Gasteiger partial charge on any atom is 0.236 e. The fraction of sp³-hybridized carbons (Fsp3) is 0.778. The molecule has 1 aromatic heterocycles. The van der Waals surface area contributed by atoms with E-state index in [2.05, 4.69) is 47.5 Å². The van der Waals surface area contributed by atoms with E-state index in [-0.39, 0.29) is 24.4 Å². The Labute approximate surface area is 158 Å². The van der Waals surface area contributed by atoms with Crippen LogP contribution in [0.2, 0.25) is 0 Å². The molecular weight excluding hydrogens is 338 g/mol. The molecule has 1 saturated heterocycles. The first kappa shape index (κ1) is 21.9. The molecule has 2 heterocycles. The Morgan fingerprint density at radius 1 is 1.32 bits per heavy atom. The molecule has 1 N–H and O–H groups in total. The van der Waals surface area contributed by atoms with Crippen LogP contribution < -0.4 is 5.32 Å². The van der Waals surface area contributed by atoms with E-state index >= 15 is 0 Å². The summed E-state index contributed by atoms with van der Waals surface area (Å²) in [5.74, 6) is 2.23. The van der Waals surface area contributed by atoms with E-state index in [0.29, 0.717) is 18.4 Å². The van der Waals surface area contributed by atoms with Crippen LogP contribution in [0.3, 0.4) is 0 Å². The van der Waals surface area contributed by atoms with Gasteiger partial charge in [0, 0.05) is 52.2 Å². The first-order chi connectivity index (χ1) is 11.4. The number of hydrogen-bond donors (Lipinski definition) is 1. The van der Waals surface area contributed by atoms with E-state index in [0.717, 1.165) is 38.5 Å². The SMILES string of the molecule is CC(C)CN(CC(C)C)C(=O)CN1CCNCC1c1nccn1C.Cl. The number of carbonyl (C=O) groups excluding carboxylic acids is 1. The van der Waals surface area contributed by atoms with Gasteiger partial charge in [0.15, 0.2) is 0 Å².